The molecule has 0 amide bonds. The molecule has 3 aromatic rings. The second kappa shape index (κ2) is 7.94. The van der Waals surface area contributed by atoms with Crippen LogP contribution in [0.3, 0.4) is 0 Å². The average Bonchev–Trinajstić information content (AvgIpc) is 2.65. The van der Waals surface area contributed by atoms with E-state index in [4.69, 9.17) is 14.7 Å². The van der Waals surface area contributed by atoms with E-state index in [1.807, 2.05) is 42.5 Å². The zero-order valence-corrected chi connectivity index (χ0v) is 15.0. The SMILES string of the molecule is COc1ccc(-c2nc(NCCC[NH+](C)C)c3ccccc3n2)cc1. The molecule has 0 radical (unpaired) electrons. The van der Waals surface area contributed by atoms with E-state index in [1.165, 1.54) is 4.90 Å². The molecule has 2 N–H and O–H groups in total. The topological polar surface area (TPSA) is 51.5 Å². The van der Waals surface area contributed by atoms with Gasteiger partial charge in [-0.2, -0.15) is 0 Å². The molecule has 0 aliphatic carbocycles. The second-order valence-corrected chi connectivity index (χ2v) is 6.38. The molecule has 1 heterocycles. The van der Waals surface area contributed by atoms with Crippen LogP contribution in [0.5, 0.6) is 5.75 Å². The van der Waals surface area contributed by atoms with Gasteiger partial charge < -0.3 is 15.0 Å². The molecule has 0 aliphatic rings. The largest absolute Gasteiger partial charge is 0.497 e. The van der Waals surface area contributed by atoms with Crippen molar-refractivity contribution in [2.75, 3.05) is 39.6 Å². The van der Waals surface area contributed by atoms with E-state index in [2.05, 4.69) is 25.5 Å². The average molecular weight is 337 g/mol. The number of benzene rings is 2. The van der Waals surface area contributed by atoms with E-state index >= 15 is 0 Å². The molecule has 5 heteroatoms. The van der Waals surface area contributed by atoms with E-state index in [-0.39, 0.29) is 0 Å². The molecule has 3 rings (SSSR count). The Kier molecular flexibility index (Phi) is 5.46. The molecule has 0 unspecified atom stereocenters. The Bertz CT molecular complexity index is 831. The molecule has 0 saturated heterocycles. The van der Waals surface area contributed by atoms with Crippen LogP contribution in [0.4, 0.5) is 5.82 Å². The van der Waals surface area contributed by atoms with Gasteiger partial charge in [-0.1, -0.05) is 12.1 Å². The molecule has 1 aromatic heterocycles. The fraction of sp³-hybridized carbons (Fsp3) is 0.300. The van der Waals surface area contributed by atoms with Crippen LogP contribution in [0.15, 0.2) is 48.5 Å². The lowest BCUT2D eigenvalue weighted by atomic mass is 10.1. The first-order valence-corrected chi connectivity index (χ1v) is 8.61. The van der Waals surface area contributed by atoms with Crippen LogP contribution in [-0.4, -0.2) is 44.3 Å². The zero-order valence-electron chi connectivity index (χ0n) is 15.0. The number of nitrogens with one attached hydrogen (secondary N) is 2. The summed E-state index contributed by atoms with van der Waals surface area (Å²) < 4.78 is 5.23. The van der Waals surface area contributed by atoms with Crippen LogP contribution in [0.25, 0.3) is 22.3 Å². The standard InChI is InChI=1S/C20H24N4O/c1-24(2)14-6-13-21-20-17-7-4-5-8-18(17)22-19(23-20)15-9-11-16(25-3)12-10-15/h4-5,7-12H,6,13-14H2,1-3H3,(H,21,22,23)/p+1. The maximum atomic E-state index is 5.23. The van der Waals surface area contributed by atoms with Crippen molar-refractivity contribution >= 4 is 16.7 Å². The Morgan fingerprint density at radius 1 is 1.00 bits per heavy atom. The number of hydrogen-bond donors (Lipinski definition) is 2. The minimum absolute atomic E-state index is 0.724. The van der Waals surface area contributed by atoms with Gasteiger partial charge in [0.05, 0.1) is 33.3 Å². The van der Waals surface area contributed by atoms with Crippen molar-refractivity contribution in [3.05, 3.63) is 48.5 Å². The van der Waals surface area contributed by atoms with Crippen LogP contribution < -0.4 is 15.0 Å². The number of quaternary nitrogens is 1. The van der Waals surface area contributed by atoms with Gasteiger partial charge in [0.2, 0.25) is 0 Å². The van der Waals surface area contributed by atoms with Crippen molar-refractivity contribution in [1.82, 2.24) is 9.97 Å². The van der Waals surface area contributed by atoms with E-state index in [0.717, 1.165) is 53.4 Å². The molecule has 0 saturated carbocycles. The first kappa shape index (κ1) is 17.2. The third-order valence-corrected chi connectivity index (χ3v) is 4.10. The molecule has 0 aliphatic heterocycles. The van der Waals surface area contributed by atoms with Crippen LogP contribution >= 0.6 is 0 Å². The van der Waals surface area contributed by atoms with E-state index in [9.17, 15) is 0 Å². The Morgan fingerprint density at radius 2 is 1.76 bits per heavy atom. The lowest BCUT2D eigenvalue weighted by molar-refractivity contribution is -0.858. The highest BCUT2D eigenvalue weighted by atomic mass is 16.5. The highest BCUT2D eigenvalue weighted by Gasteiger charge is 2.09. The fourth-order valence-electron chi connectivity index (χ4n) is 2.73. The molecular formula is C20H25N4O+. The van der Waals surface area contributed by atoms with Crippen molar-refractivity contribution in [3.8, 4) is 17.1 Å². The van der Waals surface area contributed by atoms with Crippen molar-refractivity contribution in [1.29, 1.82) is 0 Å². The van der Waals surface area contributed by atoms with E-state index < -0.39 is 0 Å². The lowest BCUT2D eigenvalue weighted by Crippen LogP contribution is -3.05. The Balaban J connectivity index is 1.91. The van der Waals surface area contributed by atoms with Gasteiger partial charge in [-0.05, 0) is 36.4 Å². The van der Waals surface area contributed by atoms with Gasteiger partial charge in [0.15, 0.2) is 5.82 Å². The van der Waals surface area contributed by atoms with Crippen molar-refractivity contribution in [3.63, 3.8) is 0 Å². The predicted molar refractivity (Wildman–Crippen MR) is 102 cm³/mol. The summed E-state index contributed by atoms with van der Waals surface area (Å²) >= 11 is 0. The predicted octanol–water partition coefficient (Wildman–Crippen LogP) is 2.25. The number of para-hydroxylation sites is 1. The second-order valence-electron chi connectivity index (χ2n) is 6.38. The summed E-state index contributed by atoms with van der Waals surface area (Å²) in [6.07, 6.45) is 1.10. The van der Waals surface area contributed by atoms with E-state index in [1.54, 1.807) is 7.11 Å². The minimum atomic E-state index is 0.724. The first-order chi connectivity index (χ1) is 12.2. The monoisotopic (exact) mass is 337 g/mol. The molecule has 130 valence electrons. The number of aromatic nitrogens is 2. The third kappa shape index (κ3) is 4.25. The normalized spacial score (nSPS) is 11.0. The van der Waals surface area contributed by atoms with Gasteiger partial charge in [0.1, 0.15) is 11.6 Å². The molecule has 25 heavy (non-hydrogen) atoms. The quantitative estimate of drug-likeness (QED) is 0.649. The summed E-state index contributed by atoms with van der Waals surface area (Å²) in [6, 6.07) is 16.0. The number of fused-ring (bicyclic) bond motifs is 1. The summed E-state index contributed by atoms with van der Waals surface area (Å²) in [5.41, 5.74) is 1.93. The molecule has 2 aromatic carbocycles. The summed E-state index contributed by atoms with van der Waals surface area (Å²) in [5.74, 6) is 2.45. The minimum Gasteiger partial charge on any atom is -0.497 e. The van der Waals surface area contributed by atoms with E-state index in [0.29, 0.717) is 0 Å². The molecule has 0 fully saturated rings. The third-order valence-electron chi connectivity index (χ3n) is 4.10. The highest BCUT2D eigenvalue weighted by Crippen LogP contribution is 2.26. The molecule has 0 atom stereocenters. The fourth-order valence-corrected chi connectivity index (χ4v) is 2.73. The molecule has 0 spiro atoms. The number of hydrogen-bond acceptors (Lipinski definition) is 4. The number of anilines is 1. The van der Waals surface area contributed by atoms with Gasteiger partial charge >= 0.3 is 0 Å². The maximum Gasteiger partial charge on any atom is 0.162 e. The Labute approximate surface area is 148 Å². The molecular weight excluding hydrogens is 312 g/mol. The number of methoxy groups -OCH3 is 1. The summed E-state index contributed by atoms with van der Waals surface area (Å²) in [7, 11) is 6.00. The van der Waals surface area contributed by atoms with Crippen LogP contribution in [0.2, 0.25) is 0 Å². The van der Waals surface area contributed by atoms with Crippen LogP contribution in [-0.2, 0) is 0 Å². The summed E-state index contributed by atoms with van der Waals surface area (Å²) in [4.78, 5) is 10.9. The molecule has 0 bridgehead atoms. The van der Waals surface area contributed by atoms with Gasteiger partial charge in [0.25, 0.3) is 0 Å². The van der Waals surface area contributed by atoms with Crippen molar-refractivity contribution < 1.29 is 9.64 Å². The van der Waals surface area contributed by atoms with Crippen LogP contribution in [0, 0.1) is 0 Å². The van der Waals surface area contributed by atoms with Gasteiger partial charge in [-0.15, -0.1) is 0 Å². The number of rotatable bonds is 7. The van der Waals surface area contributed by atoms with Gasteiger partial charge in [-0.3, -0.25) is 0 Å². The summed E-state index contributed by atoms with van der Waals surface area (Å²) in [6.45, 7) is 2.02. The summed E-state index contributed by atoms with van der Waals surface area (Å²) in [5, 5.41) is 4.54. The van der Waals surface area contributed by atoms with Gasteiger partial charge in [-0.25, -0.2) is 9.97 Å². The maximum absolute atomic E-state index is 5.23. The van der Waals surface area contributed by atoms with Crippen LogP contribution in [0.1, 0.15) is 6.42 Å². The van der Waals surface area contributed by atoms with Gasteiger partial charge in [0, 0.05) is 23.9 Å². The first-order valence-electron chi connectivity index (χ1n) is 8.61. The smallest absolute Gasteiger partial charge is 0.162 e. The van der Waals surface area contributed by atoms with Crippen molar-refractivity contribution in [2.24, 2.45) is 0 Å². The number of nitrogens with zero attached hydrogens (tertiary/aromatic N) is 2. The Hall–Kier alpha value is -2.66. The lowest BCUT2D eigenvalue weighted by Gasteiger charge is -2.12. The number of ether oxygens (including phenoxy) is 1. The Morgan fingerprint density at radius 3 is 2.48 bits per heavy atom. The van der Waals surface area contributed by atoms with Crippen molar-refractivity contribution in [2.45, 2.75) is 6.42 Å². The highest BCUT2D eigenvalue weighted by molar-refractivity contribution is 5.90. The zero-order chi connectivity index (χ0) is 17.6. The molecule has 5 nitrogen and oxygen atoms in total.